The van der Waals surface area contributed by atoms with E-state index < -0.39 is 0 Å². The molecule has 0 unspecified atom stereocenters. The van der Waals surface area contributed by atoms with Crippen LogP contribution in [0.15, 0.2) is 12.7 Å². The van der Waals surface area contributed by atoms with Crippen molar-refractivity contribution in [2.24, 2.45) is 17.3 Å². The quantitative estimate of drug-likeness (QED) is 0.389. The first-order valence-corrected chi connectivity index (χ1v) is 6.40. The molecule has 3 saturated carbocycles. The van der Waals surface area contributed by atoms with Crippen molar-refractivity contribution in [3.8, 4) is 0 Å². The Morgan fingerprint density at radius 1 is 1.40 bits per heavy atom. The largest absolute Gasteiger partial charge is 0.366 e. The number of hydrogen-bond acceptors (Lipinski definition) is 1. The Kier molecular flexibility index (Phi) is 1.90. The summed E-state index contributed by atoms with van der Waals surface area (Å²) in [5.74, 6) is 1.79. The molecule has 0 radical (unpaired) electrons. The predicted molar refractivity (Wildman–Crippen MR) is 61.6 cm³/mol. The first kappa shape index (κ1) is 9.89. The molecule has 84 valence electrons. The van der Waals surface area contributed by atoms with E-state index >= 15 is 0 Å². The Labute approximate surface area is 92.9 Å². The smallest absolute Gasteiger partial charge is 0.0981 e. The fraction of sp³-hybridized carbons (Fsp3) is 0.857. The Hall–Kier alpha value is -0.300. The Morgan fingerprint density at radius 2 is 2.20 bits per heavy atom. The van der Waals surface area contributed by atoms with Gasteiger partial charge >= 0.3 is 0 Å². The minimum atomic E-state index is 0.307. The minimum absolute atomic E-state index is 0.307. The maximum absolute atomic E-state index is 6.07. The van der Waals surface area contributed by atoms with Crippen molar-refractivity contribution in [2.45, 2.75) is 57.7 Å². The van der Waals surface area contributed by atoms with E-state index in [0.29, 0.717) is 17.1 Å². The van der Waals surface area contributed by atoms with E-state index in [0.717, 1.165) is 18.3 Å². The number of rotatable bonds is 4. The molecule has 3 aliphatic carbocycles. The summed E-state index contributed by atoms with van der Waals surface area (Å²) in [6, 6.07) is 0. The molecule has 0 aromatic rings. The van der Waals surface area contributed by atoms with Gasteiger partial charge in [0.1, 0.15) is 0 Å². The fourth-order valence-electron chi connectivity index (χ4n) is 4.21. The lowest BCUT2D eigenvalue weighted by molar-refractivity contribution is -0.0868. The van der Waals surface area contributed by atoms with Crippen molar-refractivity contribution in [3.05, 3.63) is 12.7 Å². The number of allylic oxidation sites excluding steroid dienone is 1. The maximum Gasteiger partial charge on any atom is 0.0981 e. The van der Waals surface area contributed by atoms with Crippen LogP contribution in [0, 0.1) is 17.3 Å². The van der Waals surface area contributed by atoms with Crippen molar-refractivity contribution >= 4 is 0 Å². The summed E-state index contributed by atoms with van der Waals surface area (Å²) < 4.78 is 6.07. The van der Waals surface area contributed by atoms with Crippen LogP contribution in [0.3, 0.4) is 0 Å². The second-order valence-electron chi connectivity index (χ2n) is 6.28. The zero-order chi connectivity index (χ0) is 10.7. The van der Waals surface area contributed by atoms with Gasteiger partial charge in [0.15, 0.2) is 0 Å². The fourth-order valence-corrected chi connectivity index (χ4v) is 4.21. The molecule has 0 aromatic carbocycles. The van der Waals surface area contributed by atoms with Gasteiger partial charge in [0.05, 0.1) is 11.7 Å². The summed E-state index contributed by atoms with van der Waals surface area (Å²) in [5, 5.41) is 0. The molecule has 1 heteroatoms. The van der Waals surface area contributed by atoms with E-state index in [1.54, 1.807) is 0 Å². The van der Waals surface area contributed by atoms with Crippen LogP contribution >= 0.6 is 0 Å². The molecule has 0 N–H and O–H groups in total. The molecule has 0 amide bonds. The zero-order valence-corrected chi connectivity index (χ0v) is 9.96. The maximum atomic E-state index is 6.07. The lowest BCUT2D eigenvalue weighted by Gasteiger charge is -2.58. The average Bonchev–Trinajstić information content (AvgIpc) is 2.91. The summed E-state index contributed by atoms with van der Waals surface area (Å²) in [7, 11) is 0. The van der Waals surface area contributed by atoms with Crippen molar-refractivity contribution < 1.29 is 4.74 Å². The first-order valence-electron chi connectivity index (χ1n) is 6.40. The second kappa shape index (κ2) is 2.88. The molecule has 0 spiro atoms. The van der Waals surface area contributed by atoms with E-state index in [2.05, 4.69) is 20.4 Å². The summed E-state index contributed by atoms with van der Waals surface area (Å²) in [4.78, 5) is 0. The van der Waals surface area contributed by atoms with Crippen molar-refractivity contribution in [3.63, 3.8) is 0 Å². The van der Waals surface area contributed by atoms with E-state index in [1.807, 2.05) is 6.08 Å². The van der Waals surface area contributed by atoms with E-state index in [1.165, 1.54) is 25.7 Å². The zero-order valence-electron chi connectivity index (χ0n) is 9.96. The monoisotopic (exact) mass is 206 g/mol. The number of epoxide rings is 1. The van der Waals surface area contributed by atoms with Gasteiger partial charge in [-0.05, 0) is 49.4 Å². The molecule has 0 aromatic heterocycles. The normalized spacial score (nSPS) is 49.1. The lowest BCUT2D eigenvalue weighted by Crippen LogP contribution is -2.57. The molecule has 4 rings (SSSR count). The molecule has 1 saturated heterocycles. The second-order valence-corrected chi connectivity index (χ2v) is 6.28. The van der Waals surface area contributed by atoms with Gasteiger partial charge in [-0.2, -0.15) is 0 Å². The lowest BCUT2D eigenvalue weighted by atomic mass is 9.45. The van der Waals surface area contributed by atoms with E-state index in [9.17, 15) is 0 Å². The average molecular weight is 206 g/mol. The van der Waals surface area contributed by atoms with Crippen LogP contribution in [-0.2, 0) is 4.74 Å². The van der Waals surface area contributed by atoms with Crippen LogP contribution in [0.1, 0.15) is 46.0 Å². The van der Waals surface area contributed by atoms with Gasteiger partial charge in [-0.25, -0.2) is 0 Å². The van der Waals surface area contributed by atoms with Gasteiger partial charge in [0.2, 0.25) is 0 Å². The van der Waals surface area contributed by atoms with Crippen molar-refractivity contribution in [2.75, 3.05) is 0 Å². The minimum Gasteiger partial charge on any atom is -0.366 e. The summed E-state index contributed by atoms with van der Waals surface area (Å²) in [5.41, 5.74) is 0.864. The number of ether oxygens (including phenoxy) is 1. The van der Waals surface area contributed by atoms with Crippen LogP contribution in [0.25, 0.3) is 0 Å². The van der Waals surface area contributed by atoms with Gasteiger partial charge in [-0.3, -0.25) is 0 Å². The summed E-state index contributed by atoms with van der Waals surface area (Å²) in [6.45, 7) is 8.68. The third kappa shape index (κ3) is 1.13. The van der Waals surface area contributed by atoms with Gasteiger partial charge in [-0.1, -0.05) is 19.9 Å². The Balaban J connectivity index is 1.70. The van der Waals surface area contributed by atoms with Gasteiger partial charge in [-0.15, -0.1) is 6.58 Å². The molecule has 1 aliphatic heterocycles. The van der Waals surface area contributed by atoms with Crippen LogP contribution in [0.4, 0.5) is 0 Å². The molecule has 4 fully saturated rings. The third-order valence-electron chi connectivity index (χ3n) is 5.38. The molecule has 15 heavy (non-hydrogen) atoms. The van der Waals surface area contributed by atoms with Crippen LogP contribution in [-0.4, -0.2) is 11.7 Å². The van der Waals surface area contributed by atoms with Crippen LogP contribution in [0.5, 0.6) is 0 Å². The van der Waals surface area contributed by atoms with Gasteiger partial charge < -0.3 is 4.74 Å². The highest BCUT2D eigenvalue weighted by Crippen LogP contribution is 2.71. The molecule has 1 heterocycles. The highest BCUT2D eigenvalue weighted by Gasteiger charge is 2.73. The Bertz CT molecular complexity index is 294. The van der Waals surface area contributed by atoms with E-state index in [-0.39, 0.29) is 0 Å². The van der Waals surface area contributed by atoms with Gasteiger partial charge in [0.25, 0.3) is 0 Å². The molecular weight excluding hydrogens is 184 g/mol. The standard InChI is InChI=1S/C14H22O/c1-4-5-6-7-14-11-8-10(13(11,2)3)9-12(14)15-14/h4,10-12H,1,5-9H2,2-3H3/t10-,11-,12+,14-/m1/s1. The predicted octanol–water partition coefficient (Wildman–Crippen LogP) is 3.55. The SMILES string of the molecule is C=CCCC[C@]12O[C@H]1C[C@H]1C[C@@H]2C1(C)C. The molecule has 4 atom stereocenters. The van der Waals surface area contributed by atoms with Crippen molar-refractivity contribution in [1.29, 1.82) is 0 Å². The Morgan fingerprint density at radius 3 is 2.87 bits per heavy atom. The number of unbranched alkanes of at least 4 members (excludes halogenated alkanes) is 1. The molecular formula is C14H22O. The molecule has 1 nitrogen and oxygen atoms in total. The summed E-state index contributed by atoms with van der Waals surface area (Å²) >= 11 is 0. The third-order valence-corrected chi connectivity index (χ3v) is 5.38. The molecule has 2 bridgehead atoms. The molecule has 4 aliphatic rings. The van der Waals surface area contributed by atoms with Crippen LogP contribution < -0.4 is 0 Å². The number of hydrogen-bond donors (Lipinski definition) is 0. The van der Waals surface area contributed by atoms with Gasteiger partial charge in [0, 0.05) is 0 Å². The topological polar surface area (TPSA) is 12.5 Å². The first-order chi connectivity index (χ1) is 7.11. The summed E-state index contributed by atoms with van der Waals surface area (Å²) in [6.07, 6.45) is 9.09. The van der Waals surface area contributed by atoms with Crippen LogP contribution in [0.2, 0.25) is 0 Å². The highest BCUT2D eigenvalue weighted by atomic mass is 16.6. The van der Waals surface area contributed by atoms with E-state index in [4.69, 9.17) is 4.74 Å². The highest BCUT2D eigenvalue weighted by molar-refractivity contribution is 5.22. The van der Waals surface area contributed by atoms with Crippen molar-refractivity contribution in [1.82, 2.24) is 0 Å².